The topological polar surface area (TPSA) is 20.2 Å². The van der Waals surface area contributed by atoms with Gasteiger partial charge < -0.3 is 5.11 Å². The largest absolute Gasteiger partial charge is 0.508 e. The van der Waals surface area contributed by atoms with Crippen LogP contribution in [0.1, 0.15) is 16.7 Å². The Labute approximate surface area is 95.4 Å². The summed E-state index contributed by atoms with van der Waals surface area (Å²) in [6, 6.07) is 15.2. The van der Waals surface area contributed by atoms with Crippen LogP contribution in [0.5, 0.6) is 5.75 Å². The molecule has 1 N–H and O–H groups in total. The fourth-order valence-electron chi connectivity index (χ4n) is 1.35. The van der Waals surface area contributed by atoms with Crippen molar-refractivity contribution in [3.63, 3.8) is 0 Å². The minimum absolute atomic E-state index is 0.292. The minimum Gasteiger partial charge on any atom is -0.508 e. The van der Waals surface area contributed by atoms with Crippen molar-refractivity contribution < 1.29 is 5.11 Å². The molecule has 0 radical (unpaired) electrons. The zero-order chi connectivity index (χ0) is 11.4. The van der Waals surface area contributed by atoms with Gasteiger partial charge in [0.25, 0.3) is 0 Å². The number of aryl methyl sites for hydroxylation is 1. The molecule has 0 atom stereocenters. The van der Waals surface area contributed by atoms with Crippen molar-refractivity contribution in [1.82, 2.24) is 0 Å². The van der Waals surface area contributed by atoms with Crippen LogP contribution >= 0.6 is 0 Å². The Morgan fingerprint density at radius 3 is 2.25 bits per heavy atom. The number of phenolic OH excluding ortho intramolecular Hbond substituents is 1. The smallest absolute Gasteiger partial charge is 0.119 e. The first-order valence-electron chi connectivity index (χ1n) is 5.12. The van der Waals surface area contributed by atoms with E-state index in [1.165, 1.54) is 0 Å². The number of hydrogen-bond acceptors (Lipinski definition) is 1. The zero-order valence-corrected chi connectivity index (χ0v) is 9.07. The van der Waals surface area contributed by atoms with Crippen molar-refractivity contribution in [1.29, 1.82) is 0 Å². The summed E-state index contributed by atoms with van der Waals surface area (Å²) in [6.45, 7) is 1.86. The molecule has 0 aromatic heterocycles. The molecule has 0 saturated heterocycles. The monoisotopic (exact) mass is 208 g/mol. The van der Waals surface area contributed by atoms with Crippen LogP contribution in [-0.2, 0) is 0 Å². The van der Waals surface area contributed by atoms with Crippen molar-refractivity contribution in [2.24, 2.45) is 0 Å². The first kappa shape index (κ1) is 10.3. The number of benzene rings is 2. The fourth-order valence-corrected chi connectivity index (χ4v) is 1.35. The van der Waals surface area contributed by atoms with Crippen LogP contribution in [0.3, 0.4) is 0 Å². The highest BCUT2D eigenvalue weighted by molar-refractivity contribution is 5.46. The third-order valence-corrected chi connectivity index (χ3v) is 2.33. The van der Waals surface area contributed by atoms with Gasteiger partial charge in [0.05, 0.1) is 0 Å². The Balaban J connectivity index is 2.28. The summed E-state index contributed by atoms with van der Waals surface area (Å²) < 4.78 is 0. The van der Waals surface area contributed by atoms with Gasteiger partial charge >= 0.3 is 0 Å². The van der Waals surface area contributed by atoms with Crippen LogP contribution in [-0.4, -0.2) is 5.11 Å². The van der Waals surface area contributed by atoms with E-state index < -0.39 is 0 Å². The summed E-state index contributed by atoms with van der Waals surface area (Å²) in [5, 5.41) is 9.53. The van der Waals surface area contributed by atoms with E-state index in [4.69, 9.17) is 0 Å². The van der Waals surface area contributed by atoms with Crippen LogP contribution in [0.2, 0.25) is 0 Å². The van der Waals surface area contributed by atoms with E-state index in [2.05, 4.69) is 11.8 Å². The predicted octanol–water partition coefficient (Wildman–Crippen LogP) is 3.10. The molecule has 1 heteroatoms. The molecule has 2 aromatic carbocycles. The molecule has 0 unspecified atom stereocenters. The molecular weight excluding hydrogens is 196 g/mol. The van der Waals surface area contributed by atoms with Crippen molar-refractivity contribution in [3.8, 4) is 17.6 Å². The van der Waals surface area contributed by atoms with Crippen molar-refractivity contribution >= 4 is 0 Å². The molecule has 0 saturated carbocycles. The lowest BCUT2D eigenvalue weighted by Crippen LogP contribution is -1.78. The maximum absolute atomic E-state index is 9.53. The van der Waals surface area contributed by atoms with E-state index in [0.29, 0.717) is 5.75 Å². The highest BCUT2D eigenvalue weighted by Crippen LogP contribution is 2.16. The summed E-state index contributed by atoms with van der Waals surface area (Å²) in [5.74, 6) is 6.36. The second-order valence-electron chi connectivity index (χ2n) is 3.62. The minimum atomic E-state index is 0.292. The fraction of sp³-hybridized carbons (Fsp3) is 0.0667. The Morgan fingerprint density at radius 2 is 1.56 bits per heavy atom. The molecule has 0 spiro atoms. The van der Waals surface area contributed by atoms with E-state index in [1.807, 2.05) is 49.4 Å². The average Bonchev–Trinajstić information content (AvgIpc) is 2.32. The summed E-state index contributed by atoms with van der Waals surface area (Å²) in [4.78, 5) is 0. The zero-order valence-electron chi connectivity index (χ0n) is 9.07. The van der Waals surface area contributed by atoms with E-state index >= 15 is 0 Å². The summed E-state index contributed by atoms with van der Waals surface area (Å²) in [6.07, 6.45) is 0. The van der Waals surface area contributed by atoms with Gasteiger partial charge in [0.15, 0.2) is 0 Å². The van der Waals surface area contributed by atoms with Gasteiger partial charge in [-0.25, -0.2) is 0 Å². The lowest BCUT2D eigenvalue weighted by Gasteiger charge is -1.97. The van der Waals surface area contributed by atoms with Gasteiger partial charge in [0.1, 0.15) is 5.75 Å². The van der Waals surface area contributed by atoms with Crippen LogP contribution in [0.4, 0.5) is 0 Å². The Hall–Kier alpha value is -2.20. The Kier molecular flexibility index (Phi) is 2.93. The molecule has 78 valence electrons. The number of hydrogen-bond donors (Lipinski definition) is 1. The van der Waals surface area contributed by atoms with Crippen molar-refractivity contribution in [3.05, 3.63) is 65.2 Å². The third kappa shape index (κ3) is 2.43. The molecule has 1 nitrogen and oxygen atoms in total. The quantitative estimate of drug-likeness (QED) is 0.659. The summed E-state index contributed by atoms with van der Waals surface area (Å²) >= 11 is 0. The standard InChI is InChI=1S/C15H12O/c1-12-7-8-14(11-15(12)16)10-9-13-5-3-2-4-6-13/h2-8,11,16H,1H3. The number of rotatable bonds is 0. The molecule has 0 heterocycles. The normalized spacial score (nSPS) is 9.31. The SMILES string of the molecule is Cc1ccc(C#Cc2ccccc2)cc1O. The second kappa shape index (κ2) is 4.55. The maximum atomic E-state index is 9.53. The van der Waals surface area contributed by atoms with E-state index in [9.17, 15) is 5.11 Å². The molecular formula is C15H12O. The van der Waals surface area contributed by atoms with Gasteiger partial charge in [-0.05, 0) is 36.8 Å². The van der Waals surface area contributed by atoms with Crippen LogP contribution in [0, 0.1) is 18.8 Å². The summed E-state index contributed by atoms with van der Waals surface area (Å²) in [5.41, 5.74) is 2.67. The predicted molar refractivity (Wildman–Crippen MR) is 65.3 cm³/mol. The van der Waals surface area contributed by atoms with Crippen molar-refractivity contribution in [2.75, 3.05) is 0 Å². The van der Waals surface area contributed by atoms with Gasteiger partial charge in [-0.15, -0.1) is 0 Å². The third-order valence-electron chi connectivity index (χ3n) is 2.33. The molecule has 16 heavy (non-hydrogen) atoms. The highest BCUT2D eigenvalue weighted by atomic mass is 16.3. The van der Waals surface area contributed by atoms with Gasteiger partial charge in [0, 0.05) is 11.1 Å². The lowest BCUT2D eigenvalue weighted by atomic mass is 10.1. The molecule has 0 amide bonds. The molecule has 0 aliphatic carbocycles. The number of aromatic hydroxyl groups is 1. The molecule has 0 aliphatic heterocycles. The molecule has 0 fully saturated rings. The highest BCUT2D eigenvalue weighted by Gasteiger charge is 1.94. The van der Waals surface area contributed by atoms with E-state index in [-0.39, 0.29) is 0 Å². The van der Waals surface area contributed by atoms with Crippen molar-refractivity contribution in [2.45, 2.75) is 6.92 Å². The average molecular weight is 208 g/mol. The van der Waals surface area contributed by atoms with Crippen LogP contribution < -0.4 is 0 Å². The molecule has 2 rings (SSSR count). The molecule has 2 aromatic rings. The Bertz CT molecular complexity index is 545. The lowest BCUT2D eigenvalue weighted by molar-refractivity contribution is 0.471. The van der Waals surface area contributed by atoms with Gasteiger partial charge in [-0.2, -0.15) is 0 Å². The molecule has 0 aliphatic rings. The summed E-state index contributed by atoms with van der Waals surface area (Å²) in [7, 11) is 0. The maximum Gasteiger partial charge on any atom is 0.119 e. The van der Waals surface area contributed by atoms with Crippen LogP contribution in [0.15, 0.2) is 48.5 Å². The Morgan fingerprint density at radius 1 is 0.875 bits per heavy atom. The van der Waals surface area contributed by atoms with Crippen LogP contribution in [0.25, 0.3) is 0 Å². The van der Waals surface area contributed by atoms with Gasteiger partial charge in [0.2, 0.25) is 0 Å². The first-order valence-corrected chi connectivity index (χ1v) is 5.12. The van der Waals surface area contributed by atoms with Gasteiger partial charge in [-0.3, -0.25) is 0 Å². The second-order valence-corrected chi connectivity index (χ2v) is 3.62. The van der Waals surface area contributed by atoms with E-state index in [0.717, 1.165) is 16.7 Å². The van der Waals surface area contributed by atoms with E-state index in [1.54, 1.807) is 6.07 Å². The molecule has 0 bridgehead atoms. The first-order chi connectivity index (χ1) is 7.75. The van der Waals surface area contributed by atoms with Gasteiger partial charge in [-0.1, -0.05) is 36.1 Å². The number of phenols is 1.